The lowest BCUT2D eigenvalue weighted by Crippen LogP contribution is -2.68. The Morgan fingerprint density at radius 1 is 0.824 bits per heavy atom. The SMILES string of the molecule is COCO[C@@H](c1ccccc1)[C@@H](C)[C@@H](C=O)O[Si](c1ccccc1)(c1ccccc1)C(C)(C)C. The zero-order valence-corrected chi connectivity index (χ0v) is 21.8. The van der Waals surface area contributed by atoms with Crippen molar-refractivity contribution in [2.75, 3.05) is 13.9 Å². The minimum atomic E-state index is -2.89. The van der Waals surface area contributed by atoms with Crippen LogP contribution in [0.5, 0.6) is 0 Å². The van der Waals surface area contributed by atoms with Crippen molar-refractivity contribution in [3.63, 3.8) is 0 Å². The molecule has 0 heterocycles. The molecule has 0 aromatic heterocycles. The molecule has 0 saturated heterocycles. The third kappa shape index (κ3) is 5.56. The second kappa shape index (κ2) is 11.7. The van der Waals surface area contributed by atoms with Crippen molar-refractivity contribution in [3.05, 3.63) is 96.6 Å². The van der Waals surface area contributed by atoms with Crippen LogP contribution in [0.25, 0.3) is 0 Å². The van der Waals surface area contributed by atoms with Gasteiger partial charge in [0.1, 0.15) is 19.2 Å². The van der Waals surface area contributed by atoms with Crippen molar-refractivity contribution in [1.82, 2.24) is 0 Å². The van der Waals surface area contributed by atoms with Gasteiger partial charge in [0.15, 0.2) is 0 Å². The van der Waals surface area contributed by atoms with Crippen LogP contribution in [0.1, 0.15) is 39.4 Å². The Labute approximate surface area is 205 Å². The van der Waals surface area contributed by atoms with E-state index in [2.05, 4.69) is 45.0 Å². The van der Waals surface area contributed by atoms with E-state index in [4.69, 9.17) is 13.9 Å². The van der Waals surface area contributed by atoms with E-state index in [1.165, 1.54) is 0 Å². The lowest BCUT2D eigenvalue weighted by molar-refractivity contribution is -0.128. The van der Waals surface area contributed by atoms with Gasteiger partial charge in [-0.25, -0.2) is 0 Å². The molecule has 4 nitrogen and oxygen atoms in total. The molecule has 3 atom stereocenters. The molecular formula is C29H36O4Si. The van der Waals surface area contributed by atoms with Crippen LogP contribution in [0.15, 0.2) is 91.0 Å². The number of carbonyl (C=O) groups excluding carboxylic acids is 1. The molecule has 0 unspecified atom stereocenters. The zero-order valence-electron chi connectivity index (χ0n) is 20.8. The van der Waals surface area contributed by atoms with E-state index in [0.29, 0.717) is 0 Å². The zero-order chi connectivity index (χ0) is 24.6. The summed E-state index contributed by atoms with van der Waals surface area (Å²) in [6, 6.07) is 30.7. The Morgan fingerprint density at radius 2 is 1.29 bits per heavy atom. The van der Waals surface area contributed by atoms with Gasteiger partial charge in [0, 0.05) is 13.0 Å². The van der Waals surface area contributed by atoms with Crippen molar-refractivity contribution in [1.29, 1.82) is 0 Å². The summed E-state index contributed by atoms with van der Waals surface area (Å²) < 4.78 is 18.4. The predicted octanol–water partition coefficient (Wildman–Crippen LogP) is 5.13. The van der Waals surface area contributed by atoms with E-state index >= 15 is 0 Å². The largest absolute Gasteiger partial charge is 0.397 e. The second-order valence-electron chi connectivity index (χ2n) is 9.65. The minimum absolute atomic E-state index is 0.134. The van der Waals surface area contributed by atoms with Gasteiger partial charge in [0.25, 0.3) is 8.32 Å². The molecule has 0 amide bonds. The molecule has 0 bridgehead atoms. The number of hydrogen-bond acceptors (Lipinski definition) is 4. The summed E-state index contributed by atoms with van der Waals surface area (Å²) in [5, 5.41) is 2.05. The van der Waals surface area contributed by atoms with Gasteiger partial charge >= 0.3 is 0 Å². The van der Waals surface area contributed by atoms with Gasteiger partial charge in [-0.15, -0.1) is 0 Å². The summed E-state index contributed by atoms with van der Waals surface area (Å²) in [4.78, 5) is 12.6. The average molecular weight is 477 g/mol. The highest BCUT2D eigenvalue weighted by Crippen LogP contribution is 2.39. The van der Waals surface area contributed by atoms with Crippen LogP contribution in [0.4, 0.5) is 0 Å². The van der Waals surface area contributed by atoms with Crippen LogP contribution in [0.2, 0.25) is 5.04 Å². The molecule has 180 valence electrons. The Hall–Kier alpha value is -2.57. The molecule has 3 aromatic rings. The molecule has 0 spiro atoms. The summed E-state index contributed by atoms with van der Waals surface area (Å²) in [6.07, 6.45) is -0.0844. The summed E-state index contributed by atoms with van der Waals surface area (Å²) in [5.41, 5.74) is 0.991. The molecule has 0 N–H and O–H groups in total. The summed E-state index contributed by atoms with van der Waals surface area (Å²) in [6.45, 7) is 8.78. The molecule has 0 fully saturated rings. The second-order valence-corrected chi connectivity index (χ2v) is 13.9. The number of benzene rings is 3. The van der Waals surface area contributed by atoms with Gasteiger partial charge in [0.05, 0.1) is 6.10 Å². The Bertz CT molecular complexity index is 963. The highest BCUT2D eigenvalue weighted by Gasteiger charge is 2.52. The van der Waals surface area contributed by atoms with Gasteiger partial charge in [-0.1, -0.05) is 119 Å². The van der Waals surface area contributed by atoms with Crippen molar-refractivity contribution in [2.24, 2.45) is 5.92 Å². The van der Waals surface area contributed by atoms with E-state index in [0.717, 1.165) is 22.2 Å². The third-order valence-electron chi connectivity index (χ3n) is 6.35. The first-order valence-corrected chi connectivity index (χ1v) is 13.7. The summed E-state index contributed by atoms with van der Waals surface area (Å²) in [5.74, 6) is -0.239. The monoisotopic (exact) mass is 476 g/mol. The Morgan fingerprint density at radius 3 is 1.71 bits per heavy atom. The maximum atomic E-state index is 12.6. The van der Waals surface area contributed by atoms with Gasteiger partial charge in [-0.2, -0.15) is 0 Å². The van der Waals surface area contributed by atoms with Crippen molar-refractivity contribution in [2.45, 2.75) is 44.9 Å². The highest BCUT2D eigenvalue weighted by atomic mass is 28.4. The maximum Gasteiger partial charge on any atom is 0.262 e. The van der Waals surface area contributed by atoms with E-state index in [9.17, 15) is 4.79 Å². The van der Waals surface area contributed by atoms with Gasteiger partial charge < -0.3 is 18.7 Å². The van der Waals surface area contributed by atoms with E-state index in [-0.39, 0.29) is 23.9 Å². The van der Waals surface area contributed by atoms with E-state index in [1.54, 1.807) is 7.11 Å². The summed E-state index contributed by atoms with van der Waals surface area (Å²) in [7, 11) is -1.29. The number of carbonyl (C=O) groups is 1. The van der Waals surface area contributed by atoms with Gasteiger partial charge in [0.2, 0.25) is 0 Å². The lowest BCUT2D eigenvalue weighted by atomic mass is 9.93. The number of hydrogen-bond donors (Lipinski definition) is 0. The first-order valence-electron chi connectivity index (χ1n) is 11.7. The maximum absolute atomic E-state index is 12.6. The van der Waals surface area contributed by atoms with Crippen LogP contribution in [0.3, 0.4) is 0 Å². The van der Waals surface area contributed by atoms with Crippen LogP contribution in [0, 0.1) is 5.92 Å². The molecule has 0 aliphatic rings. The molecular weight excluding hydrogens is 440 g/mol. The topological polar surface area (TPSA) is 44.8 Å². The number of methoxy groups -OCH3 is 1. The Kier molecular flexibility index (Phi) is 8.97. The number of ether oxygens (including phenoxy) is 2. The van der Waals surface area contributed by atoms with Crippen LogP contribution >= 0.6 is 0 Å². The van der Waals surface area contributed by atoms with Crippen LogP contribution in [-0.4, -0.2) is 34.6 Å². The van der Waals surface area contributed by atoms with Crippen molar-refractivity contribution >= 4 is 25.0 Å². The molecule has 34 heavy (non-hydrogen) atoms. The molecule has 3 rings (SSSR count). The van der Waals surface area contributed by atoms with Gasteiger partial charge in [-0.05, 0) is 21.0 Å². The fourth-order valence-corrected chi connectivity index (χ4v) is 9.36. The predicted molar refractivity (Wildman–Crippen MR) is 140 cm³/mol. The van der Waals surface area contributed by atoms with Crippen molar-refractivity contribution < 1.29 is 18.7 Å². The highest BCUT2D eigenvalue weighted by molar-refractivity contribution is 6.99. The quantitative estimate of drug-likeness (QED) is 0.219. The van der Waals surface area contributed by atoms with Crippen LogP contribution in [-0.2, 0) is 18.7 Å². The number of aldehydes is 1. The fourth-order valence-electron chi connectivity index (χ4n) is 4.66. The van der Waals surface area contributed by atoms with Crippen molar-refractivity contribution in [3.8, 4) is 0 Å². The Balaban J connectivity index is 2.10. The van der Waals surface area contributed by atoms with Crippen LogP contribution < -0.4 is 10.4 Å². The molecule has 0 aliphatic carbocycles. The molecule has 0 radical (unpaired) electrons. The first-order chi connectivity index (χ1) is 16.3. The molecule has 3 aromatic carbocycles. The summed E-state index contributed by atoms with van der Waals surface area (Å²) >= 11 is 0. The fraction of sp³-hybridized carbons (Fsp3) is 0.345. The third-order valence-corrected chi connectivity index (χ3v) is 11.4. The van der Waals surface area contributed by atoms with E-state index in [1.807, 2.05) is 73.7 Å². The first kappa shape index (κ1) is 26.0. The van der Waals surface area contributed by atoms with E-state index < -0.39 is 14.4 Å². The normalized spacial score (nSPS) is 14.9. The molecule has 0 saturated carbocycles. The minimum Gasteiger partial charge on any atom is -0.397 e. The number of rotatable bonds is 11. The molecule has 0 aliphatic heterocycles. The standard InChI is InChI=1S/C29H36O4Si/c1-23(28(32-22-31-5)24-15-9-6-10-16-24)27(21-30)33-34(29(2,3)4,25-17-11-7-12-18-25)26-19-13-8-14-20-26/h6-21,23,27-28H,22H2,1-5H3/t23-,27+,28+/m0/s1. The average Bonchev–Trinajstić information content (AvgIpc) is 2.86. The van der Waals surface area contributed by atoms with Gasteiger partial charge in [-0.3, -0.25) is 0 Å². The lowest BCUT2D eigenvalue weighted by Gasteiger charge is -2.45. The smallest absolute Gasteiger partial charge is 0.262 e. The molecule has 5 heteroatoms.